The minimum absolute atomic E-state index is 0.00930. The topological polar surface area (TPSA) is 205 Å². The normalized spacial score (nSPS) is 14.1. The summed E-state index contributed by atoms with van der Waals surface area (Å²) in [6.07, 6.45) is 7.97. The third-order valence-corrected chi connectivity index (χ3v) is 12.6. The molecular formula is C58H82N4O11. The second-order valence-electron chi connectivity index (χ2n) is 21.0. The van der Waals surface area contributed by atoms with Gasteiger partial charge in [-0.2, -0.15) is 0 Å². The largest absolute Gasteiger partial charge is 0.461 e. The summed E-state index contributed by atoms with van der Waals surface area (Å²) in [4.78, 5) is 95.5. The predicted molar refractivity (Wildman–Crippen MR) is 281 cm³/mol. The van der Waals surface area contributed by atoms with Crippen LogP contribution in [0.4, 0.5) is 4.79 Å². The third kappa shape index (κ3) is 20.7. The lowest BCUT2D eigenvalue weighted by Gasteiger charge is -2.28. The van der Waals surface area contributed by atoms with Crippen LogP contribution in [0.1, 0.15) is 168 Å². The van der Waals surface area contributed by atoms with Gasteiger partial charge in [-0.05, 0) is 86.6 Å². The van der Waals surface area contributed by atoms with Gasteiger partial charge in [0, 0.05) is 5.92 Å². The van der Waals surface area contributed by atoms with E-state index in [2.05, 4.69) is 28.2 Å². The van der Waals surface area contributed by atoms with Crippen LogP contribution in [0.2, 0.25) is 0 Å². The van der Waals surface area contributed by atoms with Gasteiger partial charge in [-0.15, -0.1) is 0 Å². The molecule has 4 N–H and O–H groups in total. The summed E-state index contributed by atoms with van der Waals surface area (Å²) in [6.45, 7) is 15.8. The van der Waals surface area contributed by atoms with Gasteiger partial charge in [-0.25, -0.2) is 9.59 Å². The van der Waals surface area contributed by atoms with E-state index in [1.54, 1.807) is 34.6 Å². The number of nitrogens with one attached hydrogen (secondary N) is 4. The van der Waals surface area contributed by atoms with E-state index in [-0.39, 0.29) is 37.9 Å². The molecule has 0 saturated heterocycles. The standard InChI is InChI=1S/C58H82N4O11/c1-10-11-12-13-14-15-16-17-21-28-42(34-50(63)70-36-41-26-19-18-20-27-41)72-56(68)40(6)59-53(65)48(33-38(2)3)60-54(66)49(35-51(64)73-58(7,8)9)61-55(67)52(39(4)5)62-57(69)71-37-47-45-31-24-22-29-43(45)44-30-23-25-32-46(44)47/h18-20,22-27,29-32,38-40,42,47-49,52H,10-17,21,28,33-37H2,1-9H3,(H,59,65)(H,60,66)(H,61,67)(H,62,69)/t40-,42?,48+,49-,52-/m0/s1. The lowest BCUT2D eigenvalue weighted by Crippen LogP contribution is -2.59. The summed E-state index contributed by atoms with van der Waals surface area (Å²) in [5.74, 6) is -5.26. The minimum atomic E-state index is -1.54. The fourth-order valence-electron chi connectivity index (χ4n) is 8.81. The van der Waals surface area contributed by atoms with E-state index >= 15 is 0 Å². The highest BCUT2D eigenvalue weighted by atomic mass is 16.6. The Balaban J connectivity index is 1.42. The van der Waals surface area contributed by atoms with E-state index < -0.39 is 89.9 Å². The number of carbonyl (C=O) groups excluding carboxylic acids is 7. The second kappa shape index (κ2) is 30.1. The van der Waals surface area contributed by atoms with Gasteiger partial charge in [-0.3, -0.25) is 24.0 Å². The number of carbonyl (C=O) groups is 7. The Morgan fingerprint density at radius 1 is 0.589 bits per heavy atom. The van der Waals surface area contributed by atoms with Gasteiger partial charge in [0.2, 0.25) is 17.7 Å². The van der Waals surface area contributed by atoms with Crippen molar-refractivity contribution in [2.75, 3.05) is 6.61 Å². The Hall–Kier alpha value is -6.25. The average Bonchev–Trinajstić information content (AvgIpc) is 3.65. The summed E-state index contributed by atoms with van der Waals surface area (Å²) in [5.41, 5.74) is 4.06. The zero-order chi connectivity index (χ0) is 53.5. The van der Waals surface area contributed by atoms with E-state index in [1.165, 1.54) is 39.0 Å². The molecule has 3 aromatic rings. The third-order valence-electron chi connectivity index (χ3n) is 12.6. The van der Waals surface area contributed by atoms with Crippen LogP contribution in [0.15, 0.2) is 78.9 Å². The first-order chi connectivity index (χ1) is 34.8. The molecule has 0 bridgehead atoms. The highest BCUT2D eigenvalue weighted by Crippen LogP contribution is 2.44. The summed E-state index contributed by atoms with van der Waals surface area (Å²) >= 11 is 0. The number of amides is 4. The number of benzene rings is 3. The molecule has 0 fully saturated rings. The van der Waals surface area contributed by atoms with E-state index in [4.69, 9.17) is 18.9 Å². The number of ether oxygens (including phenoxy) is 4. The van der Waals surface area contributed by atoms with Gasteiger partial charge in [0.1, 0.15) is 49.1 Å². The van der Waals surface area contributed by atoms with Crippen molar-refractivity contribution < 1.29 is 52.5 Å². The number of esters is 3. The Morgan fingerprint density at radius 3 is 1.71 bits per heavy atom. The molecule has 0 saturated carbocycles. The summed E-state index contributed by atoms with van der Waals surface area (Å²) in [6, 6.07) is 20.0. The minimum Gasteiger partial charge on any atom is -0.461 e. The molecule has 15 heteroatoms. The van der Waals surface area contributed by atoms with Crippen molar-refractivity contribution >= 4 is 41.7 Å². The zero-order valence-corrected chi connectivity index (χ0v) is 44.7. The number of unbranched alkanes of at least 4 members (excludes halogenated alkanes) is 8. The Morgan fingerprint density at radius 2 is 1.14 bits per heavy atom. The van der Waals surface area contributed by atoms with Gasteiger partial charge < -0.3 is 40.2 Å². The quantitative estimate of drug-likeness (QED) is 0.0281. The molecule has 400 valence electrons. The molecule has 4 amide bonds. The first-order valence-corrected chi connectivity index (χ1v) is 26.4. The maximum atomic E-state index is 14.2. The molecule has 1 aliphatic carbocycles. The van der Waals surface area contributed by atoms with Crippen LogP contribution in [0, 0.1) is 11.8 Å². The highest BCUT2D eigenvalue weighted by molar-refractivity contribution is 5.96. The van der Waals surface area contributed by atoms with Gasteiger partial charge in [0.25, 0.3) is 0 Å². The summed E-state index contributed by atoms with van der Waals surface area (Å²) < 4.78 is 22.7. The number of hydrogen-bond donors (Lipinski definition) is 4. The lowest BCUT2D eigenvalue weighted by atomic mass is 9.98. The number of fused-ring (bicyclic) bond motifs is 3. The van der Waals surface area contributed by atoms with Gasteiger partial charge >= 0.3 is 24.0 Å². The molecule has 3 aromatic carbocycles. The van der Waals surface area contributed by atoms with E-state index in [0.717, 1.165) is 53.5 Å². The fourth-order valence-corrected chi connectivity index (χ4v) is 8.81. The van der Waals surface area contributed by atoms with Crippen molar-refractivity contribution in [2.24, 2.45) is 11.8 Å². The van der Waals surface area contributed by atoms with E-state index in [1.807, 2.05) is 92.7 Å². The predicted octanol–water partition coefficient (Wildman–Crippen LogP) is 9.77. The number of hydrogen-bond acceptors (Lipinski definition) is 11. The summed E-state index contributed by atoms with van der Waals surface area (Å²) in [7, 11) is 0. The van der Waals surface area contributed by atoms with Crippen molar-refractivity contribution in [3.63, 3.8) is 0 Å². The molecule has 15 nitrogen and oxygen atoms in total. The zero-order valence-electron chi connectivity index (χ0n) is 44.7. The van der Waals surface area contributed by atoms with Crippen LogP contribution >= 0.6 is 0 Å². The Labute approximate surface area is 433 Å². The highest BCUT2D eigenvalue weighted by Gasteiger charge is 2.36. The first-order valence-electron chi connectivity index (χ1n) is 26.4. The monoisotopic (exact) mass is 1010 g/mol. The summed E-state index contributed by atoms with van der Waals surface area (Å²) in [5, 5.41) is 10.6. The van der Waals surface area contributed by atoms with Gasteiger partial charge in [0.05, 0.1) is 12.8 Å². The van der Waals surface area contributed by atoms with Crippen LogP contribution in [0.5, 0.6) is 0 Å². The van der Waals surface area contributed by atoms with Crippen LogP contribution in [-0.4, -0.2) is 84.2 Å². The molecule has 0 radical (unpaired) electrons. The molecule has 0 spiro atoms. The molecule has 0 heterocycles. The molecule has 1 aliphatic rings. The number of rotatable bonds is 30. The number of alkyl carbamates (subject to hydrolysis) is 1. The van der Waals surface area contributed by atoms with Crippen LogP contribution in [0.3, 0.4) is 0 Å². The van der Waals surface area contributed by atoms with E-state index in [0.29, 0.717) is 6.42 Å². The Bertz CT molecular complexity index is 2210. The molecule has 0 aromatic heterocycles. The van der Waals surface area contributed by atoms with Crippen molar-refractivity contribution in [2.45, 2.75) is 194 Å². The van der Waals surface area contributed by atoms with Gasteiger partial charge in [0.15, 0.2) is 0 Å². The molecule has 73 heavy (non-hydrogen) atoms. The average molecular weight is 1010 g/mol. The van der Waals surface area contributed by atoms with Crippen molar-refractivity contribution in [1.29, 1.82) is 0 Å². The molecule has 0 aliphatic heterocycles. The van der Waals surface area contributed by atoms with Crippen molar-refractivity contribution in [1.82, 2.24) is 21.3 Å². The molecule has 4 rings (SSSR count). The molecular weight excluding hydrogens is 929 g/mol. The SMILES string of the molecule is CCCCCCCCCCCC(CC(=O)OCc1ccccc1)OC(=O)[C@H](C)NC(=O)[C@@H](CC(C)C)NC(=O)[C@H](CC(=O)OC(C)(C)C)NC(=O)[C@@H](NC(=O)OCC1c2ccccc2-c2ccccc21)C(C)C. The first kappa shape index (κ1) is 59.3. The fraction of sp³-hybridized carbons (Fsp3) is 0.569. The Kier molecular flexibility index (Phi) is 24.4. The van der Waals surface area contributed by atoms with Gasteiger partial charge in [-0.1, -0.05) is 165 Å². The van der Waals surface area contributed by atoms with Crippen LogP contribution in [-0.2, 0) is 54.3 Å². The molecule has 1 unspecified atom stereocenters. The maximum Gasteiger partial charge on any atom is 0.407 e. The molecule has 5 atom stereocenters. The van der Waals surface area contributed by atoms with E-state index in [9.17, 15) is 33.6 Å². The van der Waals surface area contributed by atoms with Crippen molar-refractivity contribution in [3.05, 3.63) is 95.6 Å². The second-order valence-corrected chi connectivity index (χ2v) is 21.0. The van der Waals surface area contributed by atoms with Crippen LogP contribution in [0.25, 0.3) is 11.1 Å². The van der Waals surface area contributed by atoms with Crippen LogP contribution < -0.4 is 21.3 Å². The lowest BCUT2D eigenvalue weighted by molar-refractivity contribution is -0.159. The smallest absolute Gasteiger partial charge is 0.407 e. The maximum absolute atomic E-state index is 14.2. The van der Waals surface area contributed by atoms with Crippen molar-refractivity contribution in [3.8, 4) is 11.1 Å².